The van der Waals surface area contributed by atoms with Crippen molar-refractivity contribution in [3.63, 3.8) is 0 Å². The van der Waals surface area contributed by atoms with Gasteiger partial charge in [0.05, 0.1) is 6.04 Å². The number of ether oxygens (including phenoxy) is 1. The fraction of sp³-hybridized carbons (Fsp3) is 0.588. The van der Waals surface area contributed by atoms with E-state index in [1.54, 1.807) is 12.1 Å². The van der Waals surface area contributed by atoms with Gasteiger partial charge in [0.15, 0.2) is 6.61 Å². The highest BCUT2D eigenvalue weighted by Crippen LogP contribution is 2.33. The van der Waals surface area contributed by atoms with Crippen LogP contribution in [0.1, 0.15) is 32.1 Å². The Bertz CT molecular complexity index is 584. The zero-order chi connectivity index (χ0) is 17.2. The normalized spacial score (nSPS) is 25.6. The van der Waals surface area contributed by atoms with Crippen molar-refractivity contribution in [1.82, 2.24) is 5.32 Å². The van der Waals surface area contributed by atoms with Crippen LogP contribution in [-0.4, -0.2) is 30.8 Å². The first-order valence-electron chi connectivity index (χ1n) is 8.27. The molecule has 3 rings (SSSR count). The number of anilines is 1. The van der Waals surface area contributed by atoms with Crippen molar-refractivity contribution in [2.75, 3.05) is 11.9 Å². The molecule has 1 aliphatic heterocycles. The largest absolute Gasteiger partial charge is 0.484 e. The summed E-state index contributed by atoms with van der Waals surface area (Å²) in [5.74, 6) is 0.492. The minimum absolute atomic E-state index is 0. The summed E-state index contributed by atoms with van der Waals surface area (Å²) in [4.78, 5) is 12.4. The van der Waals surface area contributed by atoms with Crippen molar-refractivity contribution in [2.24, 2.45) is 5.92 Å². The highest BCUT2D eigenvalue weighted by Gasteiger charge is 2.38. The Morgan fingerprint density at radius 2 is 2.04 bits per heavy atom. The molecule has 0 aromatic heterocycles. The molecule has 0 radical (unpaired) electrons. The summed E-state index contributed by atoms with van der Waals surface area (Å²) in [7, 11) is 0. The Morgan fingerprint density at radius 1 is 1.28 bits per heavy atom. The predicted octanol–water partition coefficient (Wildman–Crippen LogP) is 3.91. The third-order valence-electron chi connectivity index (χ3n) is 4.68. The molecule has 1 heterocycles. The third kappa shape index (κ3) is 5.51. The molecule has 3 atom stereocenters. The lowest BCUT2D eigenvalue weighted by Crippen LogP contribution is -2.39. The van der Waals surface area contributed by atoms with E-state index < -0.39 is 12.8 Å². The van der Waals surface area contributed by atoms with E-state index in [2.05, 4.69) is 10.6 Å². The van der Waals surface area contributed by atoms with E-state index >= 15 is 0 Å². The maximum Gasteiger partial charge on any atom is 0.422 e. The van der Waals surface area contributed by atoms with Crippen LogP contribution >= 0.6 is 12.4 Å². The summed E-state index contributed by atoms with van der Waals surface area (Å²) < 4.78 is 41.3. The molecule has 3 unspecified atom stereocenters. The number of carbonyl (C=O) groups excluding carboxylic acids is 1. The van der Waals surface area contributed by atoms with Crippen LogP contribution in [0.25, 0.3) is 0 Å². The lowest BCUT2D eigenvalue weighted by Gasteiger charge is -2.24. The fourth-order valence-electron chi connectivity index (χ4n) is 3.58. The van der Waals surface area contributed by atoms with Gasteiger partial charge in [-0.25, -0.2) is 0 Å². The first-order valence-corrected chi connectivity index (χ1v) is 8.27. The zero-order valence-corrected chi connectivity index (χ0v) is 14.5. The quantitative estimate of drug-likeness (QED) is 0.835. The second-order valence-corrected chi connectivity index (χ2v) is 6.53. The van der Waals surface area contributed by atoms with Crippen LogP contribution in [0.3, 0.4) is 0 Å². The molecule has 0 spiro atoms. The van der Waals surface area contributed by atoms with Gasteiger partial charge < -0.3 is 15.4 Å². The van der Waals surface area contributed by atoms with E-state index in [0.29, 0.717) is 17.6 Å². The lowest BCUT2D eigenvalue weighted by atomic mass is 9.85. The number of halogens is 4. The van der Waals surface area contributed by atoms with E-state index in [0.717, 1.165) is 19.3 Å². The SMILES string of the molecule is Cl.O=C(Nc1cccc(OCC(F)(F)F)c1)C1CC2CCCCC2N1. The smallest absolute Gasteiger partial charge is 0.422 e. The molecule has 2 N–H and O–H groups in total. The van der Waals surface area contributed by atoms with Crippen molar-refractivity contribution in [2.45, 2.75) is 50.4 Å². The Hall–Kier alpha value is -1.47. The van der Waals surface area contributed by atoms with Gasteiger partial charge in [-0.1, -0.05) is 18.9 Å². The van der Waals surface area contributed by atoms with Crippen molar-refractivity contribution in [3.05, 3.63) is 24.3 Å². The van der Waals surface area contributed by atoms with Crippen LogP contribution in [-0.2, 0) is 4.79 Å². The minimum atomic E-state index is -4.39. The second kappa shape index (κ2) is 8.27. The molecule has 1 amide bonds. The van der Waals surface area contributed by atoms with Gasteiger partial charge in [0.25, 0.3) is 0 Å². The molecule has 1 aliphatic carbocycles. The fourth-order valence-corrected chi connectivity index (χ4v) is 3.58. The molecule has 140 valence electrons. The van der Waals surface area contributed by atoms with Gasteiger partial charge in [0.1, 0.15) is 5.75 Å². The summed E-state index contributed by atoms with van der Waals surface area (Å²) in [6.45, 7) is -1.35. The van der Waals surface area contributed by atoms with Gasteiger partial charge in [0.2, 0.25) is 5.91 Å². The Morgan fingerprint density at radius 3 is 2.76 bits per heavy atom. The molecule has 8 heteroatoms. The standard InChI is InChI=1S/C17H21F3N2O2.ClH/c18-17(19,20)10-24-13-6-3-5-12(9-13)21-16(23)15-8-11-4-1-2-7-14(11)22-15;/h3,5-6,9,11,14-15,22H,1-2,4,7-8,10H2,(H,21,23);1H. The molecular weight excluding hydrogens is 357 g/mol. The maximum absolute atomic E-state index is 12.4. The van der Waals surface area contributed by atoms with Crippen LogP contribution in [0.15, 0.2) is 24.3 Å². The van der Waals surface area contributed by atoms with Crippen molar-refractivity contribution >= 4 is 24.0 Å². The number of benzene rings is 1. The van der Waals surface area contributed by atoms with Gasteiger partial charge in [-0.2, -0.15) is 13.2 Å². The number of rotatable bonds is 4. The first kappa shape index (κ1) is 19.8. The highest BCUT2D eigenvalue weighted by atomic mass is 35.5. The van der Waals surface area contributed by atoms with Crippen molar-refractivity contribution in [1.29, 1.82) is 0 Å². The van der Waals surface area contributed by atoms with Crippen LogP contribution < -0.4 is 15.4 Å². The number of amides is 1. The monoisotopic (exact) mass is 378 g/mol. The molecular formula is C17H22ClF3N2O2. The summed E-state index contributed by atoms with van der Waals surface area (Å²) in [6.07, 6.45) is 1.11. The van der Waals surface area contributed by atoms with E-state index in [9.17, 15) is 18.0 Å². The Balaban J connectivity index is 0.00000225. The van der Waals surface area contributed by atoms with Gasteiger partial charge in [-0.05, 0) is 37.3 Å². The second-order valence-electron chi connectivity index (χ2n) is 6.53. The summed E-state index contributed by atoms with van der Waals surface area (Å²) in [5, 5.41) is 6.15. The van der Waals surface area contributed by atoms with Gasteiger partial charge >= 0.3 is 6.18 Å². The van der Waals surface area contributed by atoms with Gasteiger partial charge in [-0.3, -0.25) is 4.79 Å². The summed E-state index contributed by atoms with van der Waals surface area (Å²) in [6, 6.07) is 6.22. The molecule has 0 bridgehead atoms. The maximum atomic E-state index is 12.4. The number of hydrogen-bond acceptors (Lipinski definition) is 3. The highest BCUT2D eigenvalue weighted by molar-refractivity contribution is 5.95. The van der Waals surface area contributed by atoms with E-state index in [1.807, 2.05) is 0 Å². The van der Waals surface area contributed by atoms with Crippen molar-refractivity contribution in [3.8, 4) is 5.75 Å². The number of carbonyl (C=O) groups is 1. The average molecular weight is 379 g/mol. The first-order chi connectivity index (χ1) is 11.4. The summed E-state index contributed by atoms with van der Waals surface area (Å²) >= 11 is 0. The molecule has 1 aromatic carbocycles. The molecule has 1 aromatic rings. The van der Waals surface area contributed by atoms with Crippen LogP contribution in [0.5, 0.6) is 5.75 Å². The predicted molar refractivity (Wildman–Crippen MR) is 91.2 cm³/mol. The molecule has 4 nitrogen and oxygen atoms in total. The molecule has 2 aliphatic rings. The zero-order valence-electron chi connectivity index (χ0n) is 13.6. The number of alkyl halides is 3. The lowest BCUT2D eigenvalue weighted by molar-refractivity contribution is -0.153. The third-order valence-corrected chi connectivity index (χ3v) is 4.68. The number of fused-ring (bicyclic) bond motifs is 1. The Kier molecular flexibility index (Phi) is 6.57. The average Bonchev–Trinajstić information content (AvgIpc) is 2.97. The minimum Gasteiger partial charge on any atom is -0.484 e. The molecule has 25 heavy (non-hydrogen) atoms. The van der Waals surface area contributed by atoms with E-state index in [4.69, 9.17) is 4.74 Å². The number of hydrogen-bond donors (Lipinski definition) is 2. The topological polar surface area (TPSA) is 50.4 Å². The van der Waals surface area contributed by atoms with Crippen molar-refractivity contribution < 1.29 is 22.7 Å². The van der Waals surface area contributed by atoms with E-state index in [1.165, 1.54) is 25.0 Å². The van der Waals surface area contributed by atoms with Crippen LogP contribution in [0.2, 0.25) is 0 Å². The van der Waals surface area contributed by atoms with Crippen LogP contribution in [0, 0.1) is 5.92 Å². The van der Waals surface area contributed by atoms with E-state index in [-0.39, 0.29) is 30.1 Å². The molecule has 1 saturated carbocycles. The Labute approximate surface area is 150 Å². The summed E-state index contributed by atoms with van der Waals surface area (Å²) in [5.41, 5.74) is 0.441. The van der Waals surface area contributed by atoms with Gasteiger partial charge in [-0.15, -0.1) is 12.4 Å². The molecule has 2 fully saturated rings. The molecule has 1 saturated heterocycles. The number of nitrogens with one attached hydrogen (secondary N) is 2. The van der Waals surface area contributed by atoms with Gasteiger partial charge in [0, 0.05) is 17.8 Å². The van der Waals surface area contributed by atoms with Crippen LogP contribution in [0.4, 0.5) is 18.9 Å².